The first-order valence-electron chi connectivity index (χ1n) is 9.88. The maximum Gasteiger partial charge on any atom is 0.251 e. The van der Waals surface area contributed by atoms with Crippen LogP contribution in [0.2, 0.25) is 5.02 Å². The van der Waals surface area contributed by atoms with Crippen LogP contribution in [0.25, 0.3) is 10.9 Å². The highest BCUT2D eigenvalue weighted by Gasteiger charge is 2.23. The molecule has 1 heterocycles. The Morgan fingerprint density at radius 2 is 1.77 bits per heavy atom. The molecule has 1 saturated carbocycles. The van der Waals surface area contributed by atoms with Crippen LogP contribution >= 0.6 is 24.0 Å². The summed E-state index contributed by atoms with van der Waals surface area (Å²) in [5.41, 5.74) is 2.45. The van der Waals surface area contributed by atoms with Gasteiger partial charge in [0.25, 0.3) is 5.91 Å². The van der Waals surface area contributed by atoms with Crippen molar-refractivity contribution in [3.05, 3.63) is 70.5 Å². The van der Waals surface area contributed by atoms with Crippen LogP contribution in [0, 0.1) is 12.7 Å². The van der Waals surface area contributed by atoms with E-state index in [1.54, 1.807) is 0 Å². The summed E-state index contributed by atoms with van der Waals surface area (Å²) in [6.07, 6.45) is 3.59. The number of rotatable bonds is 4. The number of para-hydroxylation sites is 1. The van der Waals surface area contributed by atoms with Crippen molar-refractivity contribution in [3.8, 4) is 0 Å². The number of nitrogens with one attached hydrogen (secondary N) is 2. The Morgan fingerprint density at radius 1 is 1.07 bits per heavy atom. The highest BCUT2D eigenvalue weighted by Crippen LogP contribution is 2.25. The first kappa shape index (κ1) is 22.3. The molecule has 2 aromatic carbocycles. The van der Waals surface area contributed by atoms with Gasteiger partial charge in [-0.05, 0) is 68.5 Å². The van der Waals surface area contributed by atoms with Crippen molar-refractivity contribution in [3.63, 3.8) is 0 Å². The van der Waals surface area contributed by atoms with Crippen LogP contribution in [-0.4, -0.2) is 23.0 Å². The minimum atomic E-state index is -0.506. The van der Waals surface area contributed by atoms with E-state index in [2.05, 4.69) is 29.7 Å². The van der Waals surface area contributed by atoms with Gasteiger partial charge in [0.1, 0.15) is 11.6 Å². The van der Waals surface area contributed by atoms with E-state index in [1.165, 1.54) is 29.1 Å². The highest BCUT2D eigenvalue weighted by atomic mass is 35.5. The zero-order valence-electron chi connectivity index (χ0n) is 16.6. The molecule has 1 amide bonds. The fourth-order valence-electron chi connectivity index (χ4n) is 3.97. The third-order valence-corrected chi connectivity index (χ3v) is 5.68. The Balaban J connectivity index is 0.00000256. The third-order valence-electron chi connectivity index (χ3n) is 5.46. The molecule has 1 aromatic heterocycles. The van der Waals surface area contributed by atoms with Gasteiger partial charge in [0.2, 0.25) is 0 Å². The van der Waals surface area contributed by atoms with Crippen LogP contribution < -0.4 is 10.6 Å². The number of anilines is 1. The number of halogens is 3. The van der Waals surface area contributed by atoms with E-state index in [4.69, 9.17) is 16.6 Å². The van der Waals surface area contributed by atoms with Crippen LogP contribution in [0.4, 0.5) is 10.2 Å². The molecule has 1 aliphatic carbocycles. The van der Waals surface area contributed by atoms with Crippen molar-refractivity contribution in [1.29, 1.82) is 0 Å². The van der Waals surface area contributed by atoms with Gasteiger partial charge in [-0.1, -0.05) is 29.8 Å². The third kappa shape index (κ3) is 5.21. The zero-order chi connectivity index (χ0) is 20.4. The van der Waals surface area contributed by atoms with Gasteiger partial charge < -0.3 is 10.6 Å². The number of aryl methyl sites for hydroxylation is 1. The normalized spacial score (nSPS) is 18.5. The molecule has 4 nitrogen and oxygen atoms in total. The molecule has 0 bridgehead atoms. The van der Waals surface area contributed by atoms with Gasteiger partial charge in [0, 0.05) is 28.1 Å². The average molecular weight is 448 g/mol. The predicted molar refractivity (Wildman–Crippen MR) is 122 cm³/mol. The molecule has 2 N–H and O–H groups in total. The van der Waals surface area contributed by atoms with E-state index < -0.39 is 5.82 Å². The van der Waals surface area contributed by atoms with Gasteiger partial charge in [-0.25, -0.2) is 9.37 Å². The molecular weight excluding hydrogens is 424 g/mol. The Kier molecular flexibility index (Phi) is 7.16. The first-order chi connectivity index (χ1) is 14.0. The number of pyridine rings is 1. The smallest absolute Gasteiger partial charge is 0.251 e. The molecule has 0 unspecified atom stereocenters. The van der Waals surface area contributed by atoms with Crippen LogP contribution in [0.5, 0.6) is 0 Å². The second kappa shape index (κ2) is 9.63. The molecular formula is C23H24Cl2FN3O. The first-order valence-corrected chi connectivity index (χ1v) is 10.3. The van der Waals surface area contributed by atoms with Crippen molar-refractivity contribution in [2.24, 2.45) is 0 Å². The number of benzene rings is 2. The van der Waals surface area contributed by atoms with Gasteiger partial charge >= 0.3 is 0 Å². The summed E-state index contributed by atoms with van der Waals surface area (Å²) < 4.78 is 13.5. The number of aromatic nitrogens is 1. The molecule has 4 rings (SSSR count). The van der Waals surface area contributed by atoms with Gasteiger partial charge in [0.05, 0.1) is 5.52 Å². The van der Waals surface area contributed by atoms with Crippen molar-refractivity contribution in [2.45, 2.75) is 44.7 Å². The van der Waals surface area contributed by atoms with Crippen LogP contribution in [0.3, 0.4) is 0 Å². The van der Waals surface area contributed by atoms with Gasteiger partial charge in [-0.15, -0.1) is 12.4 Å². The largest absolute Gasteiger partial charge is 0.367 e. The van der Waals surface area contributed by atoms with Crippen LogP contribution in [-0.2, 0) is 0 Å². The summed E-state index contributed by atoms with van der Waals surface area (Å²) in [4.78, 5) is 17.1. The van der Waals surface area contributed by atoms with Crippen LogP contribution in [0.15, 0.2) is 48.5 Å². The second-order valence-electron chi connectivity index (χ2n) is 7.67. The van der Waals surface area contributed by atoms with E-state index in [1.807, 2.05) is 18.2 Å². The minimum Gasteiger partial charge on any atom is -0.367 e. The summed E-state index contributed by atoms with van der Waals surface area (Å²) in [7, 11) is 0. The summed E-state index contributed by atoms with van der Waals surface area (Å²) in [5, 5.41) is 7.93. The number of carbonyl (C=O) groups is 1. The van der Waals surface area contributed by atoms with Gasteiger partial charge in [-0.3, -0.25) is 4.79 Å². The lowest BCUT2D eigenvalue weighted by molar-refractivity contribution is 0.0926. The molecule has 0 spiro atoms. The Morgan fingerprint density at radius 3 is 2.50 bits per heavy atom. The molecule has 1 aliphatic rings. The van der Waals surface area contributed by atoms with E-state index in [0.717, 1.165) is 37.0 Å². The maximum atomic E-state index is 13.5. The lowest BCUT2D eigenvalue weighted by atomic mass is 9.91. The number of hydrogen-bond donors (Lipinski definition) is 2. The van der Waals surface area contributed by atoms with Crippen molar-refractivity contribution in [1.82, 2.24) is 10.3 Å². The predicted octanol–water partition coefficient (Wildman–Crippen LogP) is 5.91. The summed E-state index contributed by atoms with van der Waals surface area (Å²) in [6, 6.07) is 14.5. The monoisotopic (exact) mass is 447 g/mol. The second-order valence-corrected chi connectivity index (χ2v) is 8.10. The Labute approximate surface area is 186 Å². The number of nitrogens with zero attached hydrogens (tertiary/aromatic N) is 1. The number of fused-ring (bicyclic) bond motifs is 1. The summed E-state index contributed by atoms with van der Waals surface area (Å²) >= 11 is 5.85. The topological polar surface area (TPSA) is 54.0 Å². The molecule has 0 atom stereocenters. The fourth-order valence-corrected chi connectivity index (χ4v) is 4.19. The van der Waals surface area contributed by atoms with E-state index >= 15 is 0 Å². The van der Waals surface area contributed by atoms with Gasteiger partial charge in [0.15, 0.2) is 0 Å². The molecule has 158 valence electrons. The lowest BCUT2D eigenvalue weighted by Gasteiger charge is -2.30. The zero-order valence-corrected chi connectivity index (χ0v) is 18.2. The number of carbonyl (C=O) groups excluding carboxylic acids is 1. The Bertz CT molecular complexity index is 1030. The van der Waals surface area contributed by atoms with Gasteiger partial charge in [-0.2, -0.15) is 0 Å². The van der Waals surface area contributed by atoms with E-state index in [9.17, 15) is 9.18 Å². The molecule has 0 radical (unpaired) electrons. The summed E-state index contributed by atoms with van der Waals surface area (Å²) in [6.45, 7) is 2.10. The Hall–Kier alpha value is -2.37. The summed E-state index contributed by atoms with van der Waals surface area (Å²) in [5.74, 6) is 0.103. The lowest BCUT2D eigenvalue weighted by Crippen LogP contribution is -2.40. The molecule has 1 fully saturated rings. The van der Waals surface area contributed by atoms with Crippen molar-refractivity contribution >= 4 is 46.6 Å². The molecule has 0 aliphatic heterocycles. The average Bonchev–Trinajstić information content (AvgIpc) is 2.69. The number of amides is 1. The van der Waals surface area contributed by atoms with Crippen molar-refractivity contribution in [2.75, 3.05) is 5.32 Å². The highest BCUT2D eigenvalue weighted by molar-refractivity contribution is 6.31. The molecule has 30 heavy (non-hydrogen) atoms. The van der Waals surface area contributed by atoms with Crippen molar-refractivity contribution < 1.29 is 9.18 Å². The standard InChI is InChI=1S/C23H23ClFN3O.ClH/c1-14-10-22(28-21-5-3-2-4-20(14)21)26-18-6-8-19(9-7-18)27-23(29)15-11-16(24)13-17(25)12-15;/h2-5,10-13,18-19H,6-9H2,1H3,(H,26,28)(H,27,29);1H. The SMILES string of the molecule is Cc1cc(NC2CCC(NC(=O)c3cc(F)cc(Cl)c3)CC2)nc2ccccc12.Cl. The molecule has 3 aromatic rings. The molecule has 0 saturated heterocycles. The maximum absolute atomic E-state index is 13.5. The fraction of sp³-hybridized carbons (Fsp3) is 0.304. The number of hydrogen-bond acceptors (Lipinski definition) is 3. The molecule has 7 heteroatoms. The van der Waals surface area contributed by atoms with Crippen LogP contribution in [0.1, 0.15) is 41.6 Å². The quantitative estimate of drug-likeness (QED) is 0.522. The minimum absolute atomic E-state index is 0. The van der Waals surface area contributed by atoms with E-state index in [-0.39, 0.29) is 34.9 Å². The van der Waals surface area contributed by atoms with E-state index in [0.29, 0.717) is 6.04 Å².